The molecule has 3 aromatic rings. The third kappa shape index (κ3) is 10.4. The molecule has 3 aromatic carbocycles. The highest BCUT2D eigenvalue weighted by Crippen LogP contribution is 2.33. The number of carbonyl (C=O) groups excluding carboxylic acids is 5. The predicted molar refractivity (Wildman–Crippen MR) is 212 cm³/mol. The van der Waals surface area contributed by atoms with Gasteiger partial charge in [-0.05, 0) is 61.4 Å². The number of anilines is 2. The predicted octanol–water partition coefficient (Wildman–Crippen LogP) is 4.13. The van der Waals surface area contributed by atoms with Crippen LogP contribution in [-0.2, 0) is 30.3 Å². The van der Waals surface area contributed by atoms with Gasteiger partial charge in [-0.2, -0.15) is 0 Å². The summed E-state index contributed by atoms with van der Waals surface area (Å²) in [5, 5.41) is 19.7. The average Bonchev–Trinajstić information content (AvgIpc) is 3.45. The Morgan fingerprint density at radius 2 is 1.74 bits per heavy atom. The molecule has 3 aliphatic heterocycles. The van der Waals surface area contributed by atoms with Crippen LogP contribution in [0.25, 0.3) is 6.08 Å². The van der Waals surface area contributed by atoms with Gasteiger partial charge in [-0.15, -0.1) is 0 Å². The van der Waals surface area contributed by atoms with Gasteiger partial charge in [0.25, 0.3) is 11.8 Å². The summed E-state index contributed by atoms with van der Waals surface area (Å²) < 4.78 is 22.5. The third-order valence-electron chi connectivity index (χ3n) is 9.63. The number of hydrogen-bond acceptors (Lipinski definition) is 13. The van der Waals surface area contributed by atoms with Gasteiger partial charge in [-0.25, -0.2) is 0 Å². The van der Waals surface area contributed by atoms with Crippen LogP contribution in [-0.4, -0.2) is 123 Å². The Morgan fingerprint density at radius 1 is 0.982 bits per heavy atom. The van der Waals surface area contributed by atoms with Gasteiger partial charge in [0.1, 0.15) is 17.5 Å². The van der Waals surface area contributed by atoms with E-state index < -0.39 is 29.7 Å². The first kappa shape index (κ1) is 41.3. The number of ether oxygens (including phenoxy) is 4. The van der Waals surface area contributed by atoms with Crippen molar-refractivity contribution in [1.82, 2.24) is 15.1 Å². The van der Waals surface area contributed by atoms with Crippen LogP contribution < -0.4 is 20.7 Å². The first-order chi connectivity index (χ1) is 27.6. The summed E-state index contributed by atoms with van der Waals surface area (Å²) in [7, 11) is 0. The van der Waals surface area contributed by atoms with Crippen molar-refractivity contribution >= 4 is 58.5 Å². The largest absolute Gasteiger partial charge is 0.507 e. The first-order valence-corrected chi connectivity index (χ1v) is 19.3. The third-order valence-corrected chi connectivity index (χ3v) is 9.96. The van der Waals surface area contributed by atoms with E-state index in [1.807, 2.05) is 13.0 Å². The van der Waals surface area contributed by atoms with E-state index in [1.54, 1.807) is 42.5 Å². The Kier molecular flexibility index (Phi) is 14.3. The average molecular weight is 804 g/mol. The van der Waals surface area contributed by atoms with E-state index in [0.29, 0.717) is 87.9 Å². The number of nitrogens with one attached hydrogen (secondary N) is 3. The van der Waals surface area contributed by atoms with E-state index >= 15 is 0 Å². The maximum absolute atomic E-state index is 13.2. The molecule has 16 heteroatoms. The Bertz CT molecular complexity index is 2020. The maximum atomic E-state index is 13.2. The van der Waals surface area contributed by atoms with E-state index in [2.05, 4.69) is 20.9 Å². The standard InChI is InChI=1S/C41H46ClN5O10/c1-2-57-36-24-35(49)30(22-27(36)25-46-14-18-56-19-15-46)34(48)10-7-26-6-8-28(23-31(26)42)43-12-16-54-20-21-55-17-13-44-32-5-3-4-29-38(32)41(53)47(40(29)52)33-9-11-37(50)45-39(33)51/h3-8,10,22-24,33,43-44,49H,2,9,11-21,25H2,1H3,(H,45,50,51)/b10-7+. The Morgan fingerprint density at radius 3 is 2.46 bits per heavy atom. The maximum Gasteiger partial charge on any atom is 0.264 e. The number of morpholine rings is 1. The summed E-state index contributed by atoms with van der Waals surface area (Å²) in [5.74, 6) is -2.18. The van der Waals surface area contributed by atoms with Crippen molar-refractivity contribution in [2.75, 3.05) is 83.1 Å². The summed E-state index contributed by atoms with van der Waals surface area (Å²) in [6, 6.07) is 12.5. The lowest BCUT2D eigenvalue weighted by Crippen LogP contribution is -2.54. The Balaban J connectivity index is 0.891. The summed E-state index contributed by atoms with van der Waals surface area (Å²) in [6.45, 7) is 8.00. The minimum atomic E-state index is -1.03. The van der Waals surface area contributed by atoms with Crippen molar-refractivity contribution in [3.8, 4) is 11.5 Å². The van der Waals surface area contributed by atoms with Crippen LogP contribution in [0.1, 0.15) is 62.0 Å². The molecule has 3 aliphatic rings. The molecule has 4 amide bonds. The molecule has 4 N–H and O–H groups in total. The number of imide groups is 2. The molecule has 15 nitrogen and oxygen atoms in total. The molecule has 2 fully saturated rings. The van der Waals surface area contributed by atoms with E-state index in [1.165, 1.54) is 12.1 Å². The van der Waals surface area contributed by atoms with Gasteiger partial charge in [0.2, 0.25) is 11.8 Å². The van der Waals surface area contributed by atoms with Crippen LogP contribution >= 0.6 is 11.6 Å². The van der Waals surface area contributed by atoms with Crippen molar-refractivity contribution in [3.05, 3.63) is 87.4 Å². The van der Waals surface area contributed by atoms with Crippen LogP contribution in [0, 0.1) is 0 Å². The Labute approximate surface area is 335 Å². The molecule has 0 saturated carbocycles. The molecule has 0 spiro atoms. The molecule has 0 aromatic heterocycles. The summed E-state index contributed by atoms with van der Waals surface area (Å²) >= 11 is 6.54. The second-order valence-electron chi connectivity index (χ2n) is 13.5. The van der Waals surface area contributed by atoms with Gasteiger partial charge in [0.15, 0.2) is 5.78 Å². The number of ketones is 1. The minimum absolute atomic E-state index is 0.0534. The number of hydrogen-bond donors (Lipinski definition) is 4. The molecular formula is C41H46ClN5O10. The second-order valence-corrected chi connectivity index (χ2v) is 13.9. The van der Waals surface area contributed by atoms with E-state index in [0.717, 1.165) is 29.2 Å². The summed E-state index contributed by atoms with van der Waals surface area (Å²) in [6.07, 6.45) is 3.16. The summed E-state index contributed by atoms with van der Waals surface area (Å²) in [5.41, 5.74) is 3.28. The monoisotopic (exact) mass is 803 g/mol. The number of phenols is 1. The highest BCUT2D eigenvalue weighted by Gasteiger charge is 2.45. The molecule has 6 rings (SSSR count). The number of piperidine rings is 1. The van der Waals surface area contributed by atoms with Gasteiger partial charge in [0.05, 0.1) is 62.9 Å². The highest BCUT2D eigenvalue weighted by atomic mass is 35.5. The molecule has 1 atom stereocenters. The molecule has 3 heterocycles. The molecular weight excluding hydrogens is 758 g/mol. The molecule has 57 heavy (non-hydrogen) atoms. The summed E-state index contributed by atoms with van der Waals surface area (Å²) in [4.78, 5) is 66.5. The molecule has 0 aliphatic carbocycles. The number of benzene rings is 3. The van der Waals surface area contributed by atoms with Crippen molar-refractivity contribution in [3.63, 3.8) is 0 Å². The zero-order valence-electron chi connectivity index (χ0n) is 31.6. The van der Waals surface area contributed by atoms with Crippen molar-refractivity contribution < 1.29 is 48.0 Å². The SMILES string of the molecule is CCOc1cc(O)c(C(=O)/C=C/c2ccc(NCCOCCOCCNc3cccc4c3C(=O)N(C3CCC(=O)NC3=O)C4=O)cc2Cl)cc1CN1CCOCC1. The van der Waals surface area contributed by atoms with Crippen molar-refractivity contribution in [2.24, 2.45) is 0 Å². The number of aromatic hydroxyl groups is 1. The lowest BCUT2D eigenvalue weighted by Gasteiger charge is -2.27. The van der Waals surface area contributed by atoms with E-state index in [-0.39, 0.29) is 41.1 Å². The molecule has 0 bridgehead atoms. The zero-order valence-corrected chi connectivity index (χ0v) is 32.4. The quantitative estimate of drug-likeness (QED) is 0.0588. The Hall–Kier alpha value is -5.32. The lowest BCUT2D eigenvalue weighted by molar-refractivity contribution is -0.136. The molecule has 2 saturated heterocycles. The molecule has 1 unspecified atom stereocenters. The number of allylic oxidation sites excluding steroid dienone is 1. The first-order valence-electron chi connectivity index (χ1n) is 18.9. The number of amides is 4. The van der Waals surface area contributed by atoms with Crippen LogP contribution in [0.4, 0.5) is 11.4 Å². The number of rotatable bonds is 19. The van der Waals surface area contributed by atoms with Crippen molar-refractivity contribution in [1.29, 1.82) is 0 Å². The van der Waals surface area contributed by atoms with Crippen LogP contribution in [0.15, 0.2) is 54.6 Å². The fourth-order valence-corrected chi connectivity index (χ4v) is 7.01. The van der Waals surface area contributed by atoms with Crippen molar-refractivity contribution in [2.45, 2.75) is 32.4 Å². The molecule has 0 radical (unpaired) electrons. The van der Waals surface area contributed by atoms with E-state index in [4.69, 9.17) is 30.5 Å². The number of halogens is 1. The highest BCUT2D eigenvalue weighted by molar-refractivity contribution is 6.32. The van der Waals surface area contributed by atoms with Gasteiger partial charge < -0.3 is 34.7 Å². The lowest BCUT2D eigenvalue weighted by atomic mass is 10.0. The van der Waals surface area contributed by atoms with Gasteiger partial charge >= 0.3 is 0 Å². The smallest absolute Gasteiger partial charge is 0.264 e. The number of phenolic OH excluding ortho intramolecular Hbond substituents is 1. The van der Waals surface area contributed by atoms with Gasteiger partial charge in [-0.3, -0.25) is 39.1 Å². The van der Waals surface area contributed by atoms with E-state index in [9.17, 15) is 29.1 Å². The van der Waals surface area contributed by atoms with Gasteiger partial charge in [-0.1, -0.05) is 23.7 Å². The fourth-order valence-electron chi connectivity index (χ4n) is 6.76. The van der Waals surface area contributed by atoms with Crippen LogP contribution in [0.3, 0.4) is 0 Å². The molecule has 302 valence electrons. The number of fused-ring (bicyclic) bond motifs is 1. The number of nitrogens with zero attached hydrogens (tertiary/aromatic N) is 2. The normalized spacial score (nSPS) is 17.2. The second kappa shape index (κ2) is 19.7. The van der Waals surface area contributed by atoms with Crippen LogP contribution in [0.5, 0.6) is 11.5 Å². The zero-order chi connectivity index (χ0) is 40.3. The topological polar surface area (TPSA) is 185 Å². The fraction of sp³-hybridized carbons (Fsp3) is 0.390. The number of carbonyl (C=O) groups is 5. The van der Waals surface area contributed by atoms with Crippen LogP contribution in [0.2, 0.25) is 5.02 Å². The van der Waals surface area contributed by atoms with Gasteiger partial charge in [0, 0.05) is 67.2 Å². The minimum Gasteiger partial charge on any atom is -0.507 e.